The Labute approximate surface area is 114 Å². The smallest absolute Gasteiger partial charge is 0.161 e. The van der Waals surface area contributed by atoms with Gasteiger partial charge in [0.2, 0.25) is 0 Å². The zero-order valence-electron chi connectivity index (χ0n) is 11.3. The number of rotatable bonds is 7. The lowest BCUT2D eigenvalue weighted by Crippen LogP contribution is -2.15. The van der Waals surface area contributed by atoms with E-state index in [-0.39, 0.29) is 0 Å². The molecule has 1 rings (SSSR count). The van der Waals surface area contributed by atoms with Gasteiger partial charge in [0, 0.05) is 13.5 Å². The summed E-state index contributed by atoms with van der Waals surface area (Å²) in [4.78, 5) is 0.875. The molecule has 0 saturated carbocycles. The number of hydrogen-bond acceptors (Lipinski definition) is 3. The molecule has 0 unspecified atom stereocenters. The van der Waals surface area contributed by atoms with Gasteiger partial charge >= 0.3 is 0 Å². The summed E-state index contributed by atoms with van der Waals surface area (Å²) in [5, 5.41) is 2.98. The highest BCUT2D eigenvalue weighted by atomic mass is 32.1. The van der Waals surface area contributed by atoms with Crippen LogP contribution in [0.2, 0.25) is 0 Å². The summed E-state index contributed by atoms with van der Waals surface area (Å²) in [6.45, 7) is 2.79. The average molecular weight is 267 g/mol. The highest BCUT2D eigenvalue weighted by molar-refractivity contribution is 7.80. The molecule has 0 aliphatic carbocycles. The Hall–Kier alpha value is -1.29. The summed E-state index contributed by atoms with van der Waals surface area (Å²) < 4.78 is 11.0. The van der Waals surface area contributed by atoms with Gasteiger partial charge in [-0.25, -0.2) is 0 Å². The molecule has 3 nitrogen and oxygen atoms in total. The second-order valence-electron chi connectivity index (χ2n) is 4.01. The van der Waals surface area contributed by atoms with E-state index in [4.69, 9.17) is 21.7 Å². The first-order valence-corrected chi connectivity index (χ1v) is 6.62. The van der Waals surface area contributed by atoms with Gasteiger partial charge in [-0.1, -0.05) is 25.2 Å². The Kier molecular flexibility index (Phi) is 6.50. The lowest BCUT2D eigenvalue weighted by Gasteiger charge is -2.11. The standard InChI is InChI=1S/C14H21NO2S/c1-4-9-17-12-7-5-11(10-13(12)16-3)6-8-14(18)15-2/h5,7,10H,4,6,8-9H2,1-3H3,(H,15,18). The molecule has 0 amide bonds. The minimum Gasteiger partial charge on any atom is -0.493 e. The Morgan fingerprint density at radius 3 is 2.72 bits per heavy atom. The fraction of sp³-hybridized carbons (Fsp3) is 0.500. The molecule has 0 heterocycles. The average Bonchev–Trinajstić information content (AvgIpc) is 2.42. The number of nitrogens with one attached hydrogen (secondary N) is 1. The van der Waals surface area contributed by atoms with Gasteiger partial charge in [-0.15, -0.1) is 0 Å². The van der Waals surface area contributed by atoms with Gasteiger partial charge in [0.1, 0.15) is 0 Å². The Balaban J connectivity index is 2.68. The highest BCUT2D eigenvalue weighted by Crippen LogP contribution is 2.28. The predicted octanol–water partition coefficient (Wildman–Crippen LogP) is 2.96. The van der Waals surface area contributed by atoms with E-state index in [9.17, 15) is 0 Å². The number of benzene rings is 1. The van der Waals surface area contributed by atoms with Crippen LogP contribution in [0.25, 0.3) is 0 Å². The van der Waals surface area contributed by atoms with Crippen molar-refractivity contribution in [3.8, 4) is 11.5 Å². The lowest BCUT2D eigenvalue weighted by molar-refractivity contribution is 0.294. The molecule has 0 fully saturated rings. The van der Waals surface area contributed by atoms with Crippen molar-refractivity contribution in [3.63, 3.8) is 0 Å². The SMILES string of the molecule is CCCOc1ccc(CCC(=S)NC)cc1OC. The maximum Gasteiger partial charge on any atom is 0.161 e. The van der Waals surface area contributed by atoms with Crippen molar-refractivity contribution in [1.82, 2.24) is 5.32 Å². The normalized spacial score (nSPS) is 9.94. The van der Waals surface area contributed by atoms with Crippen molar-refractivity contribution >= 4 is 17.2 Å². The van der Waals surface area contributed by atoms with Gasteiger partial charge < -0.3 is 14.8 Å². The van der Waals surface area contributed by atoms with Gasteiger partial charge in [-0.05, 0) is 30.5 Å². The first-order valence-electron chi connectivity index (χ1n) is 6.21. The van der Waals surface area contributed by atoms with E-state index in [0.29, 0.717) is 6.61 Å². The van der Waals surface area contributed by atoms with Gasteiger partial charge in [0.05, 0.1) is 18.7 Å². The second-order valence-corrected chi connectivity index (χ2v) is 4.50. The number of thiocarbonyl (C=S) groups is 1. The van der Waals surface area contributed by atoms with Crippen LogP contribution in [0.1, 0.15) is 25.3 Å². The monoisotopic (exact) mass is 267 g/mol. The summed E-state index contributed by atoms with van der Waals surface area (Å²) in [5.41, 5.74) is 1.20. The first-order chi connectivity index (χ1) is 8.71. The van der Waals surface area contributed by atoms with E-state index in [0.717, 1.165) is 35.7 Å². The van der Waals surface area contributed by atoms with Crippen LogP contribution in [0.15, 0.2) is 18.2 Å². The highest BCUT2D eigenvalue weighted by Gasteiger charge is 2.06. The Morgan fingerprint density at radius 2 is 2.11 bits per heavy atom. The molecule has 18 heavy (non-hydrogen) atoms. The van der Waals surface area contributed by atoms with Crippen LogP contribution in [-0.2, 0) is 6.42 Å². The topological polar surface area (TPSA) is 30.5 Å². The molecule has 0 saturated heterocycles. The van der Waals surface area contributed by atoms with Crippen LogP contribution in [0, 0.1) is 0 Å². The second kappa shape index (κ2) is 7.93. The minimum atomic E-state index is 0.708. The van der Waals surface area contributed by atoms with Gasteiger partial charge in [-0.3, -0.25) is 0 Å². The van der Waals surface area contributed by atoms with E-state index in [1.54, 1.807) is 7.11 Å². The third-order valence-electron chi connectivity index (χ3n) is 2.61. The van der Waals surface area contributed by atoms with Crippen LogP contribution in [0.3, 0.4) is 0 Å². The van der Waals surface area contributed by atoms with Crippen LogP contribution in [-0.4, -0.2) is 25.8 Å². The van der Waals surface area contributed by atoms with Gasteiger partial charge in [0.25, 0.3) is 0 Å². The molecule has 0 radical (unpaired) electrons. The predicted molar refractivity (Wildman–Crippen MR) is 78.8 cm³/mol. The van der Waals surface area contributed by atoms with Crippen LogP contribution in [0.5, 0.6) is 11.5 Å². The van der Waals surface area contributed by atoms with Crippen LogP contribution in [0.4, 0.5) is 0 Å². The Bertz CT molecular complexity index is 393. The van der Waals surface area contributed by atoms with Crippen LogP contribution >= 0.6 is 12.2 Å². The van der Waals surface area contributed by atoms with Crippen molar-refractivity contribution in [1.29, 1.82) is 0 Å². The summed E-state index contributed by atoms with van der Waals surface area (Å²) in [6, 6.07) is 6.04. The summed E-state index contributed by atoms with van der Waals surface area (Å²) in [5.74, 6) is 1.59. The molecule has 0 aliphatic rings. The number of methoxy groups -OCH3 is 1. The molecule has 1 aromatic carbocycles. The fourth-order valence-corrected chi connectivity index (χ4v) is 1.68. The number of hydrogen-bond donors (Lipinski definition) is 1. The third kappa shape index (κ3) is 4.53. The molecule has 4 heteroatoms. The quantitative estimate of drug-likeness (QED) is 0.769. The van der Waals surface area contributed by atoms with Gasteiger partial charge in [-0.2, -0.15) is 0 Å². The number of aryl methyl sites for hydroxylation is 1. The molecule has 0 aliphatic heterocycles. The molecule has 100 valence electrons. The molecule has 0 aromatic heterocycles. The molecule has 1 N–H and O–H groups in total. The molecule has 0 atom stereocenters. The lowest BCUT2D eigenvalue weighted by atomic mass is 10.1. The summed E-state index contributed by atoms with van der Waals surface area (Å²) in [6.07, 6.45) is 2.75. The molecule has 1 aromatic rings. The van der Waals surface area contributed by atoms with Crippen molar-refractivity contribution in [2.45, 2.75) is 26.2 Å². The van der Waals surface area contributed by atoms with E-state index in [1.165, 1.54) is 5.56 Å². The number of ether oxygens (including phenoxy) is 2. The molecule has 0 spiro atoms. The maximum atomic E-state index is 5.62. The molecular weight excluding hydrogens is 246 g/mol. The van der Waals surface area contributed by atoms with E-state index < -0.39 is 0 Å². The summed E-state index contributed by atoms with van der Waals surface area (Å²) >= 11 is 5.13. The largest absolute Gasteiger partial charge is 0.493 e. The minimum absolute atomic E-state index is 0.708. The Morgan fingerprint density at radius 1 is 1.33 bits per heavy atom. The van der Waals surface area contributed by atoms with Crippen molar-refractivity contribution in [3.05, 3.63) is 23.8 Å². The maximum absolute atomic E-state index is 5.62. The van der Waals surface area contributed by atoms with E-state index in [1.807, 2.05) is 19.2 Å². The van der Waals surface area contributed by atoms with Crippen molar-refractivity contribution in [2.75, 3.05) is 20.8 Å². The molecule has 0 bridgehead atoms. The zero-order valence-corrected chi connectivity index (χ0v) is 12.1. The molecular formula is C14H21NO2S. The zero-order chi connectivity index (χ0) is 13.4. The van der Waals surface area contributed by atoms with Crippen LogP contribution < -0.4 is 14.8 Å². The van der Waals surface area contributed by atoms with E-state index >= 15 is 0 Å². The van der Waals surface area contributed by atoms with Crippen molar-refractivity contribution in [2.24, 2.45) is 0 Å². The first kappa shape index (κ1) is 14.8. The fourth-order valence-electron chi connectivity index (χ4n) is 1.58. The van der Waals surface area contributed by atoms with Crippen molar-refractivity contribution < 1.29 is 9.47 Å². The van der Waals surface area contributed by atoms with Gasteiger partial charge in [0.15, 0.2) is 11.5 Å². The van der Waals surface area contributed by atoms with E-state index in [2.05, 4.69) is 18.3 Å². The third-order valence-corrected chi connectivity index (χ3v) is 3.02. The summed E-state index contributed by atoms with van der Waals surface area (Å²) in [7, 11) is 3.51.